The van der Waals surface area contributed by atoms with Crippen LogP contribution in [-0.4, -0.2) is 51.4 Å². The molecule has 45 heavy (non-hydrogen) atoms. The van der Waals surface area contributed by atoms with Gasteiger partial charge in [-0.25, -0.2) is 9.49 Å². The summed E-state index contributed by atoms with van der Waals surface area (Å²) < 4.78 is 27.6. The van der Waals surface area contributed by atoms with Crippen molar-refractivity contribution in [3.05, 3.63) is 105 Å². The molecule has 232 valence electrons. The van der Waals surface area contributed by atoms with Crippen molar-refractivity contribution in [2.24, 2.45) is 0 Å². The van der Waals surface area contributed by atoms with Crippen molar-refractivity contribution in [2.45, 2.75) is 88.9 Å². The van der Waals surface area contributed by atoms with Gasteiger partial charge in [0.2, 0.25) is 0 Å². The molecule has 1 N–H and O–H groups in total. The van der Waals surface area contributed by atoms with Crippen LogP contribution in [0.25, 0.3) is 10.8 Å². The molecule has 3 aliphatic rings. The maximum Gasteiger partial charge on any atom is 0.494 e. The van der Waals surface area contributed by atoms with E-state index in [1.807, 2.05) is 23.1 Å². The fourth-order valence-electron chi connectivity index (χ4n) is 7.26. The Kier molecular flexibility index (Phi) is 7.25. The van der Waals surface area contributed by atoms with E-state index in [0.717, 1.165) is 48.5 Å². The maximum absolute atomic E-state index is 15.1. The van der Waals surface area contributed by atoms with E-state index in [1.54, 1.807) is 18.2 Å². The molecule has 3 fully saturated rings. The van der Waals surface area contributed by atoms with Crippen LogP contribution in [0.15, 0.2) is 71.5 Å². The third kappa shape index (κ3) is 5.20. The van der Waals surface area contributed by atoms with E-state index in [1.165, 1.54) is 11.6 Å². The van der Waals surface area contributed by atoms with E-state index in [9.17, 15) is 9.59 Å². The predicted molar refractivity (Wildman–Crippen MR) is 173 cm³/mol. The summed E-state index contributed by atoms with van der Waals surface area (Å²) in [6, 6.07) is 20.6. The second-order valence-corrected chi connectivity index (χ2v) is 14.0. The van der Waals surface area contributed by atoms with Gasteiger partial charge in [0.25, 0.3) is 11.5 Å². The molecule has 3 heterocycles. The summed E-state index contributed by atoms with van der Waals surface area (Å²) in [6.07, 6.45) is 5.08. The summed E-state index contributed by atoms with van der Waals surface area (Å²) in [6.45, 7) is 8.89. The lowest BCUT2D eigenvalue weighted by molar-refractivity contribution is -0.0265. The summed E-state index contributed by atoms with van der Waals surface area (Å²) in [4.78, 5) is 27.9. The van der Waals surface area contributed by atoms with Gasteiger partial charge in [-0.2, -0.15) is 5.10 Å². The molecule has 2 saturated heterocycles. The van der Waals surface area contributed by atoms with Gasteiger partial charge in [0.1, 0.15) is 5.82 Å². The van der Waals surface area contributed by atoms with Gasteiger partial charge in [0.15, 0.2) is 0 Å². The Morgan fingerprint density at radius 2 is 1.62 bits per heavy atom. The quantitative estimate of drug-likeness (QED) is 0.286. The zero-order valence-corrected chi connectivity index (χ0v) is 26.4. The van der Waals surface area contributed by atoms with Crippen LogP contribution in [0.3, 0.4) is 0 Å². The number of fused-ring (bicyclic) bond motifs is 1. The van der Waals surface area contributed by atoms with Crippen molar-refractivity contribution in [2.75, 3.05) is 6.54 Å². The van der Waals surface area contributed by atoms with Gasteiger partial charge < -0.3 is 14.2 Å². The summed E-state index contributed by atoms with van der Waals surface area (Å²) in [7, 11) is -0.376. The first-order valence-corrected chi connectivity index (χ1v) is 16.0. The van der Waals surface area contributed by atoms with Crippen molar-refractivity contribution < 1.29 is 18.5 Å². The highest BCUT2D eigenvalue weighted by molar-refractivity contribution is 6.62. The van der Waals surface area contributed by atoms with E-state index in [0.29, 0.717) is 30.0 Å². The largest absolute Gasteiger partial charge is 0.494 e. The molecule has 3 aromatic carbocycles. The van der Waals surface area contributed by atoms with Crippen molar-refractivity contribution in [1.29, 1.82) is 0 Å². The number of aromatic amines is 1. The van der Waals surface area contributed by atoms with Gasteiger partial charge >= 0.3 is 7.12 Å². The summed E-state index contributed by atoms with van der Waals surface area (Å²) in [5.41, 5.74) is 2.65. The second kappa shape index (κ2) is 10.9. The first-order valence-electron chi connectivity index (χ1n) is 16.0. The molecule has 1 aliphatic carbocycles. The summed E-state index contributed by atoms with van der Waals surface area (Å²) >= 11 is 0. The Morgan fingerprint density at radius 3 is 2.27 bits per heavy atom. The topological polar surface area (TPSA) is 84.5 Å². The van der Waals surface area contributed by atoms with Crippen LogP contribution in [0.2, 0.25) is 0 Å². The van der Waals surface area contributed by atoms with Crippen LogP contribution < -0.4 is 11.0 Å². The lowest BCUT2D eigenvalue weighted by atomic mass is 9.67. The van der Waals surface area contributed by atoms with E-state index in [2.05, 4.69) is 62.2 Å². The monoisotopic (exact) mass is 607 g/mol. The minimum absolute atomic E-state index is 0.0979. The van der Waals surface area contributed by atoms with Gasteiger partial charge in [0, 0.05) is 23.9 Å². The van der Waals surface area contributed by atoms with Crippen LogP contribution in [-0.2, 0) is 15.7 Å². The van der Waals surface area contributed by atoms with Gasteiger partial charge in [-0.1, -0.05) is 48.5 Å². The number of benzene rings is 3. The molecule has 7 nitrogen and oxygen atoms in total. The Bertz CT molecular complexity index is 1810. The van der Waals surface area contributed by atoms with E-state index >= 15 is 4.39 Å². The van der Waals surface area contributed by atoms with Crippen LogP contribution in [0, 0.1) is 5.82 Å². The lowest BCUT2D eigenvalue weighted by Crippen LogP contribution is -2.63. The van der Waals surface area contributed by atoms with Crippen molar-refractivity contribution >= 4 is 29.3 Å². The highest BCUT2D eigenvalue weighted by atomic mass is 19.1. The minimum atomic E-state index is -0.513. The van der Waals surface area contributed by atoms with Gasteiger partial charge in [0.05, 0.1) is 27.8 Å². The van der Waals surface area contributed by atoms with Crippen LogP contribution in [0.4, 0.5) is 4.39 Å². The highest BCUT2D eigenvalue weighted by Crippen LogP contribution is 2.48. The average Bonchev–Trinajstić information content (AvgIpc) is 3.25. The number of H-pyrrole nitrogens is 1. The Labute approximate surface area is 263 Å². The zero-order valence-electron chi connectivity index (χ0n) is 26.4. The van der Waals surface area contributed by atoms with Crippen LogP contribution in [0.5, 0.6) is 0 Å². The van der Waals surface area contributed by atoms with Crippen molar-refractivity contribution in [3.8, 4) is 0 Å². The molecule has 1 amide bonds. The third-order valence-electron chi connectivity index (χ3n) is 10.9. The normalized spacial score (nSPS) is 23.8. The van der Waals surface area contributed by atoms with Crippen molar-refractivity contribution in [1.82, 2.24) is 15.1 Å². The van der Waals surface area contributed by atoms with Crippen LogP contribution in [0.1, 0.15) is 92.9 Å². The predicted octanol–water partition coefficient (Wildman–Crippen LogP) is 5.89. The highest BCUT2D eigenvalue weighted by Gasteiger charge is 2.52. The number of carbonyl (C=O) groups excluding carboxylic acids is 1. The molecule has 0 bridgehead atoms. The number of hydrogen-bond acceptors (Lipinski definition) is 5. The Hall–Kier alpha value is -3.82. The molecule has 0 radical (unpaired) electrons. The molecule has 7 rings (SSSR count). The molecule has 1 aromatic heterocycles. The van der Waals surface area contributed by atoms with Gasteiger partial charge in [-0.15, -0.1) is 0 Å². The standard InChI is InChI=1S/C36H39BFN3O4/c1-34(2)35(3,4)45-37(44-34)26-12-10-24(11-13-26)25-15-17-36(18-16-25)19-20-41(36)33(43)29-21-23(9-14-30(29)38)22-31-27-7-5-6-8-28(27)32(42)40-39-31/h5-14,21,25H,15-20,22H2,1-4H3,(H,40,42). The van der Waals surface area contributed by atoms with Gasteiger partial charge in [-0.3, -0.25) is 9.59 Å². The minimum Gasteiger partial charge on any atom is -0.399 e. The molecule has 4 aromatic rings. The molecule has 0 atom stereocenters. The molecule has 1 saturated carbocycles. The lowest BCUT2D eigenvalue weighted by Gasteiger charge is -2.56. The number of rotatable bonds is 5. The Morgan fingerprint density at radius 1 is 0.956 bits per heavy atom. The first kappa shape index (κ1) is 29.9. The summed E-state index contributed by atoms with van der Waals surface area (Å²) in [5.74, 6) is -0.341. The average molecular weight is 608 g/mol. The summed E-state index contributed by atoms with van der Waals surface area (Å²) in [5, 5.41) is 8.12. The number of amides is 1. The number of nitrogens with one attached hydrogen (secondary N) is 1. The fourth-order valence-corrected chi connectivity index (χ4v) is 7.26. The Balaban J connectivity index is 1.03. The number of likely N-dealkylation sites (tertiary alicyclic amines) is 1. The maximum atomic E-state index is 15.1. The van der Waals surface area contributed by atoms with E-state index in [4.69, 9.17) is 9.31 Å². The van der Waals surface area contributed by atoms with Crippen LogP contribution >= 0.6 is 0 Å². The molecular formula is C36H39BFN3O4. The molecular weight excluding hydrogens is 568 g/mol. The van der Waals surface area contributed by atoms with Crippen molar-refractivity contribution in [3.63, 3.8) is 0 Å². The number of carbonyl (C=O) groups is 1. The molecule has 2 aliphatic heterocycles. The smallest absolute Gasteiger partial charge is 0.399 e. The molecule has 0 unspecified atom stereocenters. The zero-order chi connectivity index (χ0) is 31.6. The number of hydrogen-bond donors (Lipinski definition) is 1. The van der Waals surface area contributed by atoms with E-state index < -0.39 is 5.82 Å². The molecule has 1 spiro atoms. The molecule has 9 heteroatoms. The number of halogens is 1. The first-order chi connectivity index (χ1) is 21.5. The van der Waals surface area contributed by atoms with Gasteiger partial charge in [-0.05, 0) is 101 Å². The number of nitrogens with zero attached hydrogens (tertiary/aromatic N) is 2. The fraction of sp³-hybridized carbons (Fsp3) is 0.417. The third-order valence-corrected chi connectivity index (χ3v) is 10.9. The SMILES string of the molecule is CC1(C)OB(c2ccc(C3CCC4(CC3)CCN4C(=O)c3cc(Cc4n[nH]c(=O)c5ccccc45)ccc3F)cc2)OC1(C)C. The van der Waals surface area contributed by atoms with E-state index in [-0.39, 0.29) is 40.9 Å². The number of aromatic nitrogens is 2. The second-order valence-electron chi connectivity index (χ2n) is 14.0.